The largest absolute Gasteiger partial charge is 0.481 e. The highest BCUT2D eigenvalue weighted by Gasteiger charge is 2.15. The minimum absolute atomic E-state index is 0.0264. The molecular formula is C16H28N2O2S. The van der Waals surface area contributed by atoms with E-state index in [-0.39, 0.29) is 6.42 Å². The van der Waals surface area contributed by atoms with Crippen LogP contribution in [0.4, 0.5) is 0 Å². The lowest BCUT2D eigenvalue weighted by atomic mass is 10.1. The maximum Gasteiger partial charge on any atom is 0.309 e. The Morgan fingerprint density at radius 1 is 1.33 bits per heavy atom. The average Bonchev–Trinajstić information content (AvgIpc) is 2.89. The van der Waals surface area contributed by atoms with Crippen molar-refractivity contribution in [3.63, 3.8) is 0 Å². The highest BCUT2D eigenvalue weighted by atomic mass is 32.1. The molecule has 5 heteroatoms. The van der Waals surface area contributed by atoms with Crippen LogP contribution in [0.15, 0.2) is 5.38 Å². The van der Waals surface area contributed by atoms with Crippen LogP contribution in [0, 0.1) is 0 Å². The summed E-state index contributed by atoms with van der Waals surface area (Å²) in [5.41, 5.74) is 0.683. The monoisotopic (exact) mass is 312 g/mol. The number of hydrogen-bond donors (Lipinski definition) is 1. The first-order valence-corrected chi connectivity index (χ1v) is 8.83. The SMILES string of the molecule is CCCCN(CCCC)CC(C)c1nc(CC(=O)O)cs1. The van der Waals surface area contributed by atoms with Crippen LogP contribution >= 0.6 is 11.3 Å². The maximum atomic E-state index is 10.7. The number of carbonyl (C=O) groups is 1. The molecule has 0 saturated heterocycles. The van der Waals surface area contributed by atoms with E-state index in [0.717, 1.165) is 24.6 Å². The average molecular weight is 312 g/mol. The Labute approximate surface area is 132 Å². The van der Waals surface area contributed by atoms with E-state index < -0.39 is 5.97 Å². The normalized spacial score (nSPS) is 12.8. The van der Waals surface area contributed by atoms with Crippen molar-refractivity contribution in [2.45, 2.75) is 58.8 Å². The van der Waals surface area contributed by atoms with E-state index in [1.165, 1.54) is 25.7 Å². The lowest BCUT2D eigenvalue weighted by Gasteiger charge is -2.24. The van der Waals surface area contributed by atoms with Crippen molar-refractivity contribution < 1.29 is 9.90 Å². The van der Waals surface area contributed by atoms with E-state index in [1.54, 1.807) is 11.3 Å². The third-order valence-corrected chi connectivity index (χ3v) is 4.64. The van der Waals surface area contributed by atoms with Crippen molar-refractivity contribution in [1.82, 2.24) is 9.88 Å². The molecule has 1 aromatic rings. The van der Waals surface area contributed by atoms with Gasteiger partial charge in [-0.2, -0.15) is 0 Å². The Morgan fingerprint density at radius 3 is 2.48 bits per heavy atom. The minimum atomic E-state index is -0.813. The molecule has 0 radical (unpaired) electrons. The predicted octanol–water partition coefficient (Wildman–Crippen LogP) is 3.78. The van der Waals surface area contributed by atoms with E-state index in [0.29, 0.717) is 11.6 Å². The summed E-state index contributed by atoms with van der Waals surface area (Å²) in [5, 5.41) is 11.7. The number of nitrogens with zero attached hydrogens (tertiary/aromatic N) is 2. The fraction of sp³-hybridized carbons (Fsp3) is 0.750. The number of aliphatic carboxylic acids is 1. The zero-order valence-electron chi connectivity index (χ0n) is 13.5. The predicted molar refractivity (Wildman–Crippen MR) is 88.1 cm³/mol. The molecule has 0 spiro atoms. The van der Waals surface area contributed by atoms with E-state index in [2.05, 4.69) is 30.7 Å². The van der Waals surface area contributed by atoms with Gasteiger partial charge in [0.1, 0.15) is 0 Å². The Balaban J connectivity index is 2.56. The van der Waals surface area contributed by atoms with Gasteiger partial charge in [-0.3, -0.25) is 4.79 Å². The van der Waals surface area contributed by atoms with Gasteiger partial charge in [0.2, 0.25) is 0 Å². The fourth-order valence-corrected chi connectivity index (χ4v) is 3.18. The highest BCUT2D eigenvalue weighted by molar-refractivity contribution is 7.09. The molecule has 21 heavy (non-hydrogen) atoms. The van der Waals surface area contributed by atoms with E-state index >= 15 is 0 Å². The van der Waals surface area contributed by atoms with Crippen molar-refractivity contribution in [3.05, 3.63) is 16.1 Å². The molecule has 0 aliphatic heterocycles. The second kappa shape index (κ2) is 9.90. The summed E-state index contributed by atoms with van der Waals surface area (Å²) < 4.78 is 0. The van der Waals surface area contributed by atoms with Gasteiger partial charge in [0.05, 0.1) is 17.1 Å². The molecule has 1 atom stereocenters. The third kappa shape index (κ3) is 7.05. The number of carboxylic acid groups (broad SMARTS) is 1. The molecule has 0 saturated carbocycles. The Morgan fingerprint density at radius 2 is 1.95 bits per heavy atom. The van der Waals surface area contributed by atoms with E-state index in [1.807, 2.05) is 5.38 Å². The van der Waals surface area contributed by atoms with Gasteiger partial charge in [-0.25, -0.2) is 4.98 Å². The van der Waals surface area contributed by atoms with Crippen molar-refractivity contribution in [1.29, 1.82) is 0 Å². The van der Waals surface area contributed by atoms with E-state index in [4.69, 9.17) is 5.11 Å². The first kappa shape index (κ1) is 18.1. The zero-order valence-corrected chi connectivity index (χ0v) is 14.3. The zero-order chi connectivity index (χ0) is 15.7. The molecule has 1 N–H and O–H groups in total. The van der Waals surface area contributed by atoms with Gasteiger partial charge in [0.25, 0.3) is 0 Å². The van der Waals surface area contributed by atoms with Crippen LogP contribution in [0.2, 0.25) is 0 Å². The van der Waals surface area contributed by atoms with Crippen molar-refractivity contribution in [3.8, 4) is 0 Å². The molecule has 1 heterocycles. The van der Waals surface area contributed by atoms with Crippen LogP contribution in [-0.2, 0) is 11.2 Å². The second-order valence-corrected chi connectivity index (χ2v) is 6.55. The van der Waals surface area contributed by atoms with Gasteiger partial charge in [0.15, 0.2) is 0 Å². The molecule has 1 unspecified atom stereocenters. The van der Waals surface area contributed by atoms with Crippen LogP contribution < -0.4 is 0 Å². The Bertz CT molecular complexity index is 412. The lowest BCUT2D eigenvalue weighted by Crippen LogP contribution is -2.30. The first-order chi connectivity index (χ1) is 10.1. The van der Waals surface area contributed by atoms with Crippen molar-refractivity contribution >= 4 is 17.3 Å². The quantitative estimate of drug-likeness (QED) is 0.675. The molecule has 4 nitrogen and oxygen atoms in total. The topological polar surface area (TPSA) is 53.4 Å². The van der Waals surface area contributed by atoms with Gasteiger partial charge in [0, 0.05) is 17.8 Å². The van der Waals surface area contributed by atoms with Crippen LogP contribution in [0.3, 0.4) is 0 Å². The van der Waals surface area contributed by atoms with Crippen LogP contribution in [0.25, 0.3) is 0 Å². The summed E-state index contributed by atoms with van der Waals surface area (Å²) in [5.74, 6) is -0.446. The van der Waals surface area contributed by atoms with Gasteiger partial charge >= 0.3 is 5.97 Å². The Hall–Kier alpha value is -0.940. The van der Waals surface area contributed by atoms with Crippen LogP contribution in [0.1, 0.15) is 63.1 Å². The van der Waals surface area contributed by atoms with Crippen LogP contribution in [0.5, 0.6) is 0 Å². The molecule has 1 aromatic heterocycles. The smallest absolute Gasteiger partial charge is 0.309 e. The molecule has 0 aromatic carbocycles. The molecule has 0 aliphatic carbocycles. The maximum absolute atomic E-state index is 10.7. The highest BCUT2D eigenvalue weighted by Crippen LogP contribution is 2.22. The van der Waals surface area contributed by atoms with Crippen molar-refractivity contribution in [2.24, 2.45) is 0 Å². The molecule has 0 bridgehead atoms. The lowest BCUT2D eigenvalue weighted by molar-refractivity contribution is -0.136. The van der Waals surface area contributed by atoms with Gasteiger partial charge in [-0.05, 0) is 25.9 Å². The second-order valence-electron chi connectivity index (χ2n) is 5.66. The van der Waals surface area contributed by atoms with Gasteiger partial charge < -0.3 is 10.0 Å². The van der Waals surface area contributed by atoms with E-state index in [9.17, 15) is 4.79 Å². The van der Waals surface area contributed by atoms with Gasteiger partial charge in [-0.15, -0.1) is 11.3 Å². The molecular weight excluding hydrogens is 284 g/mol. The Kier molecular flexibility index (Phi) is 8.54. The summed E-state index contributed by atoms with van der Waals surface area (Å²) in [4.78, 5) is 17.7. The molecule has 0 amide bonds. The standard InChI is InChI=1S/C16H28N2O2S/c1-4-6-8-18(9-7-5-2)11-13(3)16-17-14(12-21-16)10-15(19)20/h12-13H,4-11H2,1-3H3,(H,19,20). The fourth-order valence-electron chi connectivity index (χ4n) is 2.31. The first-order valence-electron chi connectivity index (χ1n) is 7.95. The summed E-state index contributed by atoms with van der Waals surface area (Å²) in [6.07, 6.45) is 4.93. The molecule has 1 rings (SSSR count). The third-order valence-electron chi connectivity index (χ3n) is 3.51. The summed E-state index contributed by atoms with van der Waals surface area (Å²) in [6.45, 7) is 9.94. The number of aromatic nitrogens is 1. The number of unbranched alkanes of at least 4 members (excludes halogenated alkanes) is 2. The summed E-state index contributed by atoms with van der Waals surface area (Å²) in [6, 6.07) is 0. The molecule has 120 valence electrons. The number of thiazole rings is 1. The minimum Gasteiger partial charge on any atom is -0.481 e. The summed E-state index contributed by atoms with van der Waals surface area (Å²) >= 11 is 1.59. The molecule has 0 aliphatic rings. The summed E-state index contributed by atoms with van der Waals surface area (Å²) in [7, 11) is 0. The number of rotatable bonds is 11. The number of hydrogen-bond acceptors (Lipinski definition) is 4. The van der Waals surface area contributed by atoms with Crippen LogP contribution in [-0.4, -0.2) is 40.6 Å². The number of carboxylic acids is 1. The van der Waals surface area contributed by atoms with Crippen molar-refractivity contribution in [2.75, 3.05) is 19.6 Å². The molecule has 0 fully saturated rings. The van der Waals surface area contributed by atoms with Gasteiger partial charge in [-0.1, -0.05) is 33.6 Å².